The summed E-state index contributed by atoms with van der Waals surface area (Å²) in [6.45, 7) is 2.34. The van der Waals surface area contributed by atoms with E-state index in [9.17, 15) is 4.39 Å². The Morgan fingerprint density at radius 3 is 2.89 bits per heavy atom. The van der Waals surface area contributed by atoms with Crippen LogP contribution in [0, 0.1) is 17.2 Å². The lowest BCUT2D eigenvalue weighted by molar-refractivity contribution is 0.145. The average molecular weight is 313 g/mol. The number of hydrogen-bond acceptors (Lipinski definition) is 1. The molecule has 2 unspecified atom stereocenters. The highest BCUT2D eigenvalue weighted by Crippen LogP contribution is 2.50. The van der Waals surface area contributed by atoms with Crippen molar-refractivity contribution in [2.75, 3.05) is 5.33 Å². The van der Waals surface area contributed by atoms with Gasteiger partial charge in [0.2, 0.25) is 0 Å². The standard InChI is InChI=1S/C15H18BrFO/c1-15(9-16,11-2-3-11)8-13-7-10-6-12(17)4-5-14(10)18-13/h4-6,11,13H,2-3,7-9H2,1H3. The summed E-state index contributed by atoms with van der Waals surface area (Å²) >= 11 is 3.65. The predicted octanol–water partition coefficient (Wildman–Crippen LogP) is 4.33. The second kappa shape index (κ2) is 4.52. The highest BCUT2D eigenvalue weighted by molar-refractivity contribution is 9.09. The van der Waals surface area contributed by atoms with Gasteiger partial charge in [-0.15, -0.1) is 0 Å². The number of halogens is 2. The first-order chi connectivity index (χ1) is 8.60. The third-order valence-corrected chi connectivity index (χ3v) is 5.61. The van der Waals surface area contributed by atoms with Crippen molar-refractivity contribution in [3.05, 3.63) is 29.6 Å². The SMILES string of the molecule is CC(CBr)(CC1Cc2cc(F)ccc2O1)C1CC1. The first kappa shape index (κ1) is 12.5. The predicted molar refractivity (Wildman–Crippen MR) is 73.8 cm³/mol. The Bertz CT molecular complexity index is 458. The molecule has 18 heavy (non-hydrogen) atoms. The average Bonchev–Trinajstić information content (AvgIpc) is 3.12. The van der Waals surface area contributed by atoms with E-state index in [1.54, 1.807) is 12.1 Å². The van der Waals surface area contributed by atoms with Crippen LogP contribution in [0.2, 0.25) is 0 Å². The van der Waals surface area contributed by atoms with Crippen molar-refractivity contribution in [2.24, 2.45) is 11.3 Å². The van der Waals surface area contributed by atoms with Crippen molar-refractivity contribution in [2.45, 2.75) is 38.7 Å². The molecule has 0 saturated heterocycles. The van der Waals surface area contributed by atoms with Crippen LogP contribution < -0.4 is 4.74 Å². The Kier molecular flexibility index (Phi) is 3.13. The molecule has 0 radical (unpaired) electrons. The zero-order valence-corrected chi connectivity index (χ0v) is 12.2. The van der Waals surface area contributed by atoms with E-state index in [0.29, 0.717) is 5.41 Å². The molecule has 0 N–H and O–H groups in total. The molecule has 3 heteroatoms. The molecule has 0 spiro atoms. The van der Waals surface area contributed by atoms with Crippen molar-refractivity contribution in [1.29, 1.82) is 0 Å². The molecule has 98 valence electrons. The summed E-state index contributed by atoms with van der Waals surface area (Å²) < 4.78 is 19.1. The molecule has 1 nitrogen and oxygen atoms in total. The maximum atomic E-state index is 13.2. The van der Waals surface area contributed by atoms with Crippen LogP contribution in [-0.4, -0.2) is 11.4 Å². The number of hydrogen-bond donors (Lipinski definition) is 0. The first-order valence-electron chi connectivity index (χ1n) is 6.62. The maximum Gasteiger partial charge on any atom is 0.123 e. The number of benzene rings is 1. The number of fused-ring (bicyclic) bond motifs is 1. The van der Waals surface area contributed by atoms with Crippen LogP contribution in [0.5, 0.6) is 5.75 Å². The van der Waals surface area contributed by atoms with Crippen LogP contribution in [0.25, 0.3) is 0 Å². The largest absolute Gasteiger partial charge is 0.490 e. The fraction of sp³-hybridized carbons (Fsp3) is 0.600. The topological polar surface area (TPSA) is 9.23 Å². The molecule has 1 aromatic carbocycles. The van der Waals surface area contributed by atoms with Crippen LogP contribution in [0.15, 0.2) is 18.2 Å². The minimum Gasteiger partial charge on any atom is -0.490 e. The minimum atomic E-state index is -0.163. The Morgan fingerprint density at radius 1 is 1.44 bits per heavy atom. The Hall–Kier alpha value is -0.570. The molecule has 1 aliphatic heterocycles. The van der Waals surface area contributed by atoms with Crippen LogP contribution >= 0.6 is 15.9 Å². The van der Waals surface area contributed by atoms with Crippen LogP contribution in [0.3, 0.4) is 0 Å². The van der Waals surface area contributed by atoms with E-state index in [1.807, 2.05) is 0 Å². The fourth-order valence-electron chi connectivity index (χ4n) is 3.03. The zero-order chi connectivity index (χ0) is 12.8. The van der Waals surface area contributed by atoms with E-state index in [2.05, 4.69) is 22.9 Å². The third kappa shape index (κ3) is 2.29. The van der Waals surface area contributed by atoms with E-state index in [0.717, 1.165) is 35.4 Å². The Morgan fingerprint density at radius 2 is 2.22 bits per heavy atom. The van der Waals surface area contributed by atoms with Crippen molar-refractivity contribution >= 4 is 15.9 Å². The van der Waals surface area contributed by atoms with Crippen molar-refractivity contribution < 1.29 is 9.13 Å². The molecule has 2 atom stereocenters. The zero-order valence-electron chi connectivity index (χ0n) is 10.6. The van der Waals surface area contributed by atoms with E-state index in [-0.39, 0.29) is 11.9 Å². The molecule has 3 rings (SSSR count). The number of ether oxygens (including phenoxy) is 1. The van der Waals surface area contributed by atoms with Crippen LogP contribution in [0.1, 0.15) is 31.7 Å². The van der Waals surface area contributed by atoms with Gasteiger partial charge in [0.1, 0.15) is 17.7 Å². The summed E-state index contributed by atoms with van der Waals surface area (Å²) in [4.78, 5) is 0. The van der Waals surface area contributed by atoms with Crippen molar-refractivity contribution in [3.8, 4) is 5.75 Å². The quantitative estimate of drug-likeness (QED) is 0.752. The molecule has 1 heterocycles. The van der Waals surface area contributed by atoms with E-state index >= 15 is 0 Å². The van der Waals surface area contributed by atoms with Gasteiger partial charge in [-0.2, -0.15) is 0 Å². The van der Waals surface area contributed by atoms with Gasteiger partial charge in [0.05, 0.1) is 0 Å². The third-order valence-electron chi connectivity index (χ3n) is 4.33. The second-order valence-corrected chi connectivity index (χ2v) is 6.52. The van der Waals surface area contributed by atoms with Crippen molar-refractivity contribution in [3.63, 3.8) is 0 Å². The van der Waals surface area contributed by atoms with Gasteiger partial charge in [-0.3, -0.25) is 0 Å². The molecule has 0 bridgehead atoms. The summed E-state index contributed by atoms with van der Waals surface area (Å²) in [5.41, 5.74) is 1.35. The number of rotatable bonds is 4. The van der Waals surface area contributed by atoms with Gasteiger partial charge < -0.3 is 4.74 Å². The maximum absolute atomic E-state index is 13.2. The molecule has 1 aromatic rings. The molecule has 1 saturated carbocycles. The first-order valence-corrected chi connectivity index (χ1v) is 7.74. The lowest BCUT2D eigenvalue weighted by Gasteiger charge is -2.30. The fourth-order valence-corrected chi connectivity index (χ4v) is 3.72. The van der Waals surface area contributed by atoms with Gasteiger partial charge in [-0.25, -0.2) is 4.39 Å². The summed E-state index contributed by atoms with van der Waals surface area (Å²) in [6.07, 6.45) is 4.80. The Balaban J connectivity index is 1.70. The normalized spacial score (nSPS) is 25.4. The molecule has 1 fully saturated rings. The highest BCUT2D eigenvalue weighted by atomic mass is 79.9. The smallest absolute Gasteiger partial charge is 0.123 e. The van der Waals surface area contributed by atoms with Gasteiger partial charge in [0, 0.05) is 17.3 Å². The van der Waals surface area contributed by atoms with Crippen LogP contribution in [0.4, 0.5) is 4.39 Å². The summed E-state index contributed by atoms with van der Waals surface area (Å²) in [6, 6.07) is 4.84. The number of alkyl halides is 1. The lowest BCUT2D eigenvalue weighted by atomic mass is 9.81. The second-order valence-electron chi connectivity index (χ2n) is 5.96. The van der Waals surface area contributed by atoms with Gasteiger partial charge >= 0.3 is 0 Å². The van der Waals surface area contributed by atoms with E-state index in [1.165, 1.54) is 18.9 Å². The minimum absolute atomic E-state index is 0.163. The Labute approximate surface area is 116 Å². The van der Waals surface area contributed by atoms with Gasteiger partial charge in [-0.1, -0.05) is 22.9 Å². The molecular weight excluding hydrogens is 295 g/mol. The molecule has 2 aliphatic rings. The summed E-state index contributed by atoms with van der Waals surface area (Å²) in [5.74, 6) is 1.54. The summed E-state index contributed by atoms with van der Waals surface area (Å²) in [5, 5.41) is 1.02. The summed E-state index contributed by atoms with van der Waals surface area (Å²) in [7, 11) is 0. The van der Waals surface area contributed by atoms with E-state index in [4.69, 9.17) is 4.74 Å². The molecule has 0 aromatic heterocycles. The lowest BCUT2D eigenvalue weighted by Crippen LogP contribution is -2.29. The van der Waals surface area contributed by atoms with Crippen molar-refractivity contribution in [1.82, 2.24) is 0 Å². The highest BCUT2D eigenvalue weighted by Gasteiger charge is 2.43. The molecule has 0 amide bonds. The van der Waals surface area contributed by atoms with Gasteiger partial charge in [0.25, 0.3) is 0 Å². The molecular formula is C15H18BrFO. The monoisotopic (exact) mass is 312 g/mol. The van der Waals surface area contributed by atoms with E-state index < -0.39 is 0 Å². The van der Waals surface area contributed by atoms with Gasteiger partial charge in [-0.05, 0) is 48.8 Å². The van der Waals surface area contributed by atoms with Gasteiger partial charge in [0.15, 0.2) is 0 Å². The molecule has 1 aliphatic carbocycles. The van der Waals surface area contributed by atoms with Crippen LogP contribution in [-0.2, 0) is 6.42 Å².